The van der Waals surface area contributed by atoms with Crippen LogP contribution in [0.2, 0.25) is 0 Å². The molecular formula is C19H22FNO4S. The van der Waals surface area contributed by atoms with Crippen molar-refractivity contribution in [1.29, 1.82) is 0 Å². The zero-order valence-electron chi connectivity index (χ0n) is 14.4. The van der Waals surface area contributed by atoms with E-state index in [2.05, 4.69) is 4.90 Å². The summed E-state index contributed by atoms with van der Waals surface area (Å²) < 4.78 is 48.2. The number of ether oxygens (including phenoxy) is 1. The number of hydrogen-bond donors (Lipinski definition) is 0. The van der Waals surface area contributed by atoms with Crippen molar-refractivity contribution in [1.82, 2.24) is 4.90 Å². The molecule has 0 aromatic heterocycles. The van der Waals surface area contributed by atoms with Gasteiger partial charge in [-0.2, -0.15) is 8.42 Å². The second-order valence-corrected chi connectivity index (χ2v) is 8.01. The third-order valence-corrected chi connectivity index (χ3v) is 5.41. The van der Waals surface area contributed by atoms with Gasteiger partial charge in [-0.15, -0.1) is 0 Å². The van der Waals surface area contributed by atoms with Gasteiger partial charge in [-0.3, -0.25) is 9.08 Å². The Labute approximate surface area is 153 Å². The summed E-state index contributed by atoms with van der Waals surface area (Å²) in [6.07, 6.45) is -0.440. The van der Waals surface area contributed by atoms with Crippen LogP contribution in [0.4, 0.5) is 4.39 Å². The van der Waals surface area contributed by atoms with Crippen LogP contribution >= 0.6 is 0 Å². The minimum atomic E-state index is -3.76. The Kier molecular flexibility index (Phi) is 6.37. The molecule has 0 amide bonds. The Balaban J connectivity index is 1.51. The second kappa shape index (κ2) is 8.73. The van der Waals surface area contributed by atoms with Gasteiger partial charge in [-0.1, -0.05) is 42.5 Å². The molecule has 0 N–H and O–H groups in total. The predicted octanol–water partition coefficient (Wildman–Crippen LogP) is 2.57. The number of hydrogen-bond acceptors (Lipinski definition) is 5. The average Bonchev–Trinajstić information content (AvgIpc) is 2.61. The summed E-state index contributed by atoms with van der Waals surface area (Å²) >= 11 is 0. The number of rotatable bonds is 7. The van der Waals surface area contributed by atoms with Crippen molar-refractivity contribution >= 4 is 10.1 Å². The van der Waals surface area contributed by atoms with Gasteiger partial charge >= 0.3 is 0 Å². The maximum absolute atomic E-state index is 13.2. The fourth-order valence-electron chi connectivity index (χ4n) is 2.93. The molecule has 7 heteroatoms. The van der Waals surface area contributed by atoms with Crippen molar-refractivity contribution < 1.29 is 21.7 Å². The smallest absolute Gasteiger partial charge is 0.270 e. The van der Waals surface area contributed by atoms with E-state index < -0.39 is 22.0 Å². The molecule has 2 aromatic rings. The van der Waals surface area contributed by atoms with Crippen molar-refractivity contribution in [2.24, 2.45) is 0 Å². The average molecular weight is 379 g/mol. The summed E-state index contributed by atoms with van der Waals surface area (Å²) in [4.78, 5) is 2.17. The Hall–Kier alpha value is -1.80. The Morgan fingerprint density at radius 3 is 2.65 bits per heavy atom. The molecule has 0 unspecified atom stereocenters. The lowest BCUT2D eigenvalue weighted by atomic mass is 10.2. The van der Waals surface area contributed by atoms with E-state index in [-0.39, 0.29) is 12.4 Å². The maximum Gasteiger partial charge on any atom is 0.270 e. The van der Waals surface area contributed by atoms with E-state index in [1.807, 2.05) is 30.3 Å². The van der Waals surface area contributed by atoms with Crippen LogP contribution in [-0.4, -0.2) is 44.9 Å². The van der Waals surface area contributed by atoms with Gasteiger partial charge in [0.15, 0.2) is 0 Å². The first-order valence-corrected chi connectivity index (χ1v) is 10.1. The number of morpholine rings is 1. The first-order valence-electron chi connectivity index (χ1n) is 8.50. The van der Waals surface area contributed by atoms with E-state index in [4.69, 9.17) is 8.92 Å². The number of benzene rings is 2. The van der Waals surface area contributed by atoms with Crippen molar-refractivity contribution in [3.05, 3.63) is 71.5 Å². The molecule has 140 valence electrons. The van der Waals surface area contributed by atoms with Gasteiger partial charge in [0.2, 0.25) is 0 Å². The molecule has 1 fully saturated rings. The van der Waals surface area contributed by atoms with Gasteiger partial charge in [0.05, 0.1) is 19.3 Å². The van der Waals surface area contributed by atoms with E-state index in [1.165, 1.54) is 23.8 Å². The molecule has 1 aliphatic heterocycles. The topological polar surface area (TPSA) is 55.8 Å². The fraction of sp³-hybridized carbons (Fsp3) is 0.368. The standard InChI is InChI=1S/C19H22FNO4S/c20-18-8-4-7-17(11-18)14-25-26(22,23)15-19-13-21(9-10-24-19)12-16-5-2-1-3-6-16/h1-8,11,19H,9-10,12-15H2/t19-/m1/s1. The molecule has 26 heavy (non-hydrogen) atoms. The van der Waals surface area contributed by atoms with Crippen LogP contribution in [-0.2, 0) is 32.2 Å². The molecule has 1 aliphatic rings. The van der Waals surface area contributed by atoms with E-state index in [1.54, 1.807) is 6.07 Å². The summed E-state index contributed by atoms with van der Waals surface area (Å²) in [7, 11) is -3.76. The Morgan fingerprint density at radius 1 is 1.12 bits per heavy atom. The first-order chi connectivity index (χ1) is 12.5. The normalized spacial score (nSPS) is 18.7. The fourth-order valence-corrected chi connectivity index (χ4v) is 4.00. The van der Waals surface area contributed by atoms with Crippen LogP contribution in [0, 0.1) is 5.82 Å². The lowest BCUT2D eigenvalue weighted by Crippen LogP contribution is -2.45. The van der Waals surface area contributed by atoms with Gasteiger partial charge in [0.1, 0.15) is 11.6 Å². The van der Waals surface area contributed by atoms with Crippen molar-refractivity contribution in [2.75, 3.05) is 25.4 Å². The number of halogens is 1. The van der Waals surface area contributed by atoms with Crippen LogP contribution in [0.5, 0.6) is 0 Å². The van der Waals surface area contributed by atoms with E-state index in [9.17, 15) is 12.8 Å². The quantitative estimate of drug-likeness (QED) is 0.692. The molecule has 2 aromatic carbocycles. The summed E-state index contributed by atoms with van der Waals surface area (Å²) in [6.45, 7) is 2.34. The highest BCUT2D eigenvalue weighted by atomic mass is 32.2. The molecule has 1 saturated heterocycles. The summed E-state index contributed by atoms with van der Waals surface area (Å²) in [5.41, 5.74) is 1.65. The summed E-state index contributed by atoms with van der Waals surface area (Å²) in [5.74, 6) is -0.635. The van der Waals surface area contributed by atoms with Crippen LogP contribution < -0.4 is 0 Å². The second-order valence-electron chi connectivity index (χ2n) is 6.33. The van der Waals surface area contributed by atoms with Crippen LogP contribution in [0.25, 0.3) is 0 Å². The molecule has 0 bridgehead atoms. The van der Waals surface area contributed by atoms with Crippen LogP contribution in [0.15, 0.2) is 54.6 Å². The largest absolute Gasteiger partial charge is 0.374 e. The molecular weight excluding hydrogens is 357 g/mol. The molecule has 0 saturated carbocycles. The summed E-state index contributed by atoms with van der Waals surface area (Å²) in [5, 5.41) is 0. The minimum Gasteiger partial charge on any atom is -0.374 e. The van der Waals surface area contributed by atoms with Gasteiger partial charge in [0, 0.05) is 19.6 Å². The van der Waals surface area contributed by atoms with Gasteiger partial charge in [0.25, 0.3) is 10.1 Å². The third kappa shape index (κ3) is 5.88. The Morgan fingerprint density at radius 2 is 1.88 bits per heavy atom. The van der Waals surface area contributed by atoms with Gasteiger partial charge in [-0.05, 0) is 23.3 Å². The molecule has 1 atom stereocenters. The zero-order chi connectivity index (χ0) is 18.4. The van der Waals surface area contributed by atoms with Crippen LogP contribution in [0.3, 0.4) is 0 Å². The molecule has 1 heterocycles. The van der Waals surface area contributed by atoms with Crippen molar-refractivity contribution in [3.63, 3.8) is 0 Å². The van der Waals surface area contributed by atoms with Crippen LogP contribution in [0.1, 0.15) is 11.1 Å². The number of nitrogens with zero attached hydrogens (tertiary/aromatic N) is 1. The highest BCUT2D eigenvalue weighted by Crippen LogP contribution is 2.14. The summed E-state index contributed by atoms with van der Waals surface area (Å²) in [6, 6.07) is 15.7. The monoisotopic (exact) mass is 379 g/mol. The SMILES string of the molecule is O=S(=O)(C[C@H]1CN(Cc2ccccc2)CCO1)OCc1cccc(F)c1. The zero-order valence-corrected chi connectivity index (χ0v) is 15.2. The lowest BCUT2D eigenvalue weighted by Gasteiger charge is -2.32. The molecule has 0 spiro atoms. The maximum atomic E-state index is 13.2. The van der Waals surface area contributed by atoms with Crippen molar-refractivity contribution in [3.8, 4) is 0 Å². The highest BCUT2D eigenvalue weighted by Gasteiger charge is 2.26. The predicted molar refractivity (Wildman–Crippen MR) is 96.4 cm³/mol. The van der Waals surface area contributed by atoms with Gasteiger partial charge in [-0.25, -0.2) is 4.39 Å². The third-order valence-electron chi connectivity index (χ3n) is 4.16. The molecule has 0 aliphatic carbocycles. The lowest BCUT2D eigenvalue weighted by molar-refractivity contribution is -0.0204. The molecule has 0 radical (unpaired) electrons. The van der Waals surface area contributed by atoms with E-state index in [0.29, 0.717) is 18.7 Å². The Bertz CT molecular complexity index is 813. The molecule has 3 rings (SSSR count). The van der Waals surface area contributed by atoms with Gasteiger partial charge < -0.3 is 4.74 Å². The van der Waals surface area contributed by atoms with E-state index in [0.717, 1.165) is 13.1 Å². The highest BCUT2D eigenvalue weighted by molar-refractivity contribution is 7.86. The molecule has 5 nitrogen and oxygen atoms in total. The first kappa shape index (κ1) is 19.0. The minimum absolute atomic E-state index is 0.180. The van der Waals surface area contributed by atoms with Crippen molar-refractivity contribution in [2.45, 2.75) is 19.3 Å². The van der Waals surface area contributed by atoms with E-state index >= 15 is 0 Å².